The largest absolute Gasteiger partial charge is 0.497 e. The Morgan fingerprint density at radius 2 is 1.83 bits per heavy atom. The fraction of sp³-hybridized carbons (Fsp3) is 0.188. The molecule has 2 aromatic rings. The Balaban J connectivity index is 2.20. The Hall–Kier alpha value is -2.02. The first-order valence-electron chi connectivity index (χ1n) is 6.59. The minimum Gasteiger partial charge on any atom is -0.497 e. The molecule has 0 radical (unpaired) electrons. The molecule has 0 spiro atoms. The van der Waals surface area contributed by atoms with E-state index in [2.05, 4.69) is 21.2 Å². The number of hydrogen-bond donors (Lipinski definition) is 1. The molecule has 0 saturated heterocycles. The van der Waals surface area contributed by atoms with Crippen LogP contribution < -0.4 is 10.1 Å². The molecule has 0 aliphatic carbocycles. The van der Waals surface area contributed by atoms with Crippen LogP contribution in [0.15, 0.2) is 46.9 Å². The predicted octanol–water partition coefficient (Wildman–Crippen LogP) is 4.81. The zero-order valence-electron chi connectivity index (χ0n) is 12.1. The van der Waals surface area contributed by atoms with Gasteiger partial charge in [-0.1, -0.05) is 28.1 Å². The molecule has 23 heavy (non-hydrogen) atoms. The summed E-state index contributed by atoms with van der Waals surface area (Å²) in [6.45, 7) is 0.282. The molecular weight excluding hydrogens is 375 g/mol. The lowest BCUT2D eigenvalue weighted by Crippen LogP contribution is -2.24. The van der Waals surface area contributed by atoms with Crippen molar-refractivity contribution in [2.45, 2.75) is 12.7 Å². The molecule has 2 rings (SSSR count). The highest BCUT2D eigenvalue weighted by Crippen LogP contribution is 2.29. The van der Waals surface area contributed by atoms with Crippen molar-refractivity contribution in [3.63, 3.8) is 0 Å². The molecule has 0 aromatic heterocycles. The highest BCUT2D eigenvalue weighted by atomic mass is 79.9. The smallest absolute Gasteiger partial charge is 0.454 e. The first-order chi connectivity index (χ1) is 10.8. The maximum atomic E-state index is 12.7. The number of ether oxygens (including phenoxy) is 1. The van der Waals surface area contributed by atoms with Crippen molar-refractivity contribution >= 4 is 27.4 Å². The van der Waals surface area contributed by atoms with Gasteiger partial charge >= 0.3 is 6.18 Å². The lowest BCUT2D eigenvalue weighted by atomic mass is 10.1. The average molecular weight is 388 g/mol. The Morgan fingerprint density at radius 3 is 2.39 bits per heavy atom. The van der Waals surface area contributed by atoms with E-state index in [0.29, 0.717) is 10.2 Å². The fourth-order valence-electron chi connectivity index (χ4n) is 1.95. The summed E-state index contributed by atoms with van der Waals surface area (Å²) in [5, 5.41) is 2.86. The number of alkyl halides is 3. The van der Waals surface area contributed by atoms with Gasteiger partial charge < -0.3 is 10.1 Å². The number of nitrogens with one attached hydrogen (secondary N) is 1. The van der Waals surface area contributed by atoms with E-state index in [1.165, 1.54) is 6.07 Å². The lowest BCUT2D eigenvalue weighted by Gasteiger charge is -2.13. The quantitative estimate of drug-likeness (QED) is 0.747. The van der Waals surface area contributed by atoms with Crippen LogP contribution in [-0.2, 0) is 6.54 Å². The normalized spacial score (nSPS) is 11.2. The molecule has 0 aliphatic rings. The molecule has 122 valence electrons. The summed E-state index contributed by atoms with van der Waals surface area (Å²) in [4.78, 5) is 11.5. The van der Waals surface area contributed by atoms with E-state index in [-0.39, 0.29) is 12.2 Å². The van der Waals surface area contributed by atoms with Crippen LogP contribution in [-0.4, -0.2) is 19.1 Å². The summed E-state index contributed by atoms with van der Waals surface area (Å²) >= 11 is 3.08. The summed E-state index contributed by atoms with van der Waals surface area (Å²) in [7, 11) is 1.55. The second-order valence-corrected chi connectivity index (χ2v) is 5.63. The van der Waals surface area contributed by atoms with Gasteiger partial charge in [-0.2, -0.15) is 13.2 Å². The standard InChI is InChI=1S/C16H13BrF3NO2/c1-23-12-5-2-10(3-6-12)9-21-14-7-4-11(17)8-13(14)15(22)16(18,19)20/h2-8,21H,9H2,1H3. The molecule has 3 nitrogen and oxygen atoms in total. The monoisotopic (exact) mass is 387 g/mol. The zero-order valence-corrected chi connectivity index (χ0v) is 13.7. The number of hydrogen-bond acceptors (Lipinski definition) is 3. The van der Waals surface area contributed by atoms with Crippen LogP contribution >= 0.6 is 15.9 Å². The van der Waals surface area contributed by atoms with Crippen LogP contribution in [0.1, 0.15) is 15.9 Å². The number of halogens is 4. The third-order valence-corrected chi connectivity index (χ3v) is 3.62. The van der Waals surface area contributed by atoms with Gasteiger partial charge in [-0.3, -0.25) is 4.79 Å². The van der Waals surface area contributed by atoms with E-state index in [1.807, 2.05) is 0 Å². The molecule has 7 heteroatoms. The van der Waals surface area contributed by atoms with E-state index in [4.69, 9.17) is 4.74 Å². The zero-order chi connectivity index (χ0) is 17.0. The maximum absolute atomic E-state index is 12.7. The van der Waals surface area contributed by atoms with Crippen molar-refractivity contribution in [1.29, 1.82) is 0 Å². The van der Waals surface area contributed by atoms with E-state index >= 15 is 0 Å². The van der Waals surface area contributed by atoms with Gasteiger partial charge in [0.15, 0.2) is 0 Å². The summed E-state index contributed by atoms with van der Waals surface area (Å²) < 4.78 is 43.5. The van der Waals surface area contributed by atoms with Crippen LogP contribution in [0.2, 0.25) is 0 Å². The molecule has 0 saturated carbocycles. The first kappa shape index (κ1) is 17.3. The number of carbonyl (C=O) groups is 1. The number of anilines is 1. The molecule has 0 amide bonds. The average Bonchev–Trinajstić information content (AvgIpc) is 2.52. The Labute approximate surface area is 139 Å². The van der Waals surface area contributed by atoms with Gasteiger partial charge in [-0.25, -0.2) is 0 Å². The molecule has 0 unspecified atom stereocenters. The van der Waals surface area contributed by atoms with Crippen molar-refractivity contribution < 1.29 is 22.7 Å². The summed E-state index contributed by atoms with van der Waals surface area (Å²) in [5.74, 6) is -1.19. The fourth-order valence-corrected chi connectivity index (χ4v) is 2.31. The minimum absolute atomic E-state index is 0.131. The topological polar surface area (TPSA) is 38.3 Å². The van der Waals surface area contributed by atoms with E-state index < -0.39 is 17.5 Å². The third-order valence-electron chi connectivity index (χ3n) is 3.13. The number of Topliss-reactive ketones (excluding diaryl/α,β-unsaturated/α-hetero) is 1. The van der Waals surface area contributed by atoms with Crippen molar-refractivity contribution in [3.8, 4) is 5.75 Å². The second-order valence-electron chi connectivity index (χ2n) is 4.72. The Kier molecular flexibility index (Phi) is 5.30. The molecule has 1 N–H and O–H groups in total. The third kappa shape index (κ3) is 4.48. The summed E-state index contributed by atoms with van der Waals surface area (Å²) in [6, 6.07) is 11.2. The molecule has 0 atom stereocenters. The van der Waals surface area contributed by atoms with Gasteiger partial charge in [0.25, 0.3) is 5.78 Å². The minimum atomic E-state index is -4.92. The number of methoxy groups -OCH3 is 1. The molecule has 0 bridgehead atoms. The highest BCUT2D eigenvalue weighted by molar-refractivity contribution is 9.10. The first-order valence-corrected chi connectivity index (χ1v) is 7.38. The van der Waals surface area contributed by atoms with E-state index in [0.717, 1.165) is 11.6 Å². The van der Waals surface area contributed by atoms with Gasteiger partial charge in [-0.15, -0.1) is 0 Å². The molecule has 0 heterocycles. The Bertz CT molecular complexity index is 699. The van der Waals surface area contributed by atoms with Gasteiger partial charge in [0.1, 0.15) is 5.75 Å². The van der Waals surface area contributed by atoms with Crippen LogP contribution in [0.25, 0.3) is 0 Å². The van der Waals surface area contributed by atoms with Gasteiger partial charge in [0.05, 0.1) is 12.7 Å². The van der Waals surface area contributed by atoms with Gasteiger partial charge in [0, 0.05) is 16.7 Å². The number of carbonyl (C=O) groups excluding carboxylic acids is 1. The highest BCUT2D eigenvalue weighted by Gasteiger charge is 2.40. The van der Waals surface area contributed by atoms with Crippen LogP contribution in [0.3, 0.4) is 0 Å². The van der Waals surface area contributed by atoms with Gasteiger partial charge in [0.2, 0.25) is 0 Å². The van der Waals surface area contributed by atoms with Gasteiger partial charge in [-0.05, 0) is 35.9 Å². The maximum Gasteiger partial charge on any atom is 0.454 e. The van der Waals surface area contributed by atoms with E-state index in [1.54, 1.807) is 37.4 Å². The molecule has 0 aliphatic heterocycles. The van der Waals surface area contributed by atoms with Crippen molar-refractivity contribution in [2.75, 3.05) is 12.4 Å². The van der Waals surface area contributed by atoms with E-state index in [9.17, 15) is 18.0 Å². The van der Waals surface area contributed by atoms with Crippen molar-refractivity contribution in [2.24, 2.45) is 0 Å². The summed E-state index contributed by atoms with van der Waals surface area (Å²) in [6.07, 6.45) is -4.92. The number of benzene rings is 2. The molecular formula is C16H13BrF3NO2. The SMILES string of the molecule is COc1ccc(CNc2ccc(Br)cc2C(=O)C(F)(F)F)cc1. The predicted molar refractivity (Wildman–Crippen MR) is 84.8 cm³/mol. The van der Waals surface area contributed by atoms with Crippen molar-refractivity contribution in [3.05, 3.63) is 58.1 Å². The molecule has 2 aromatic carbocycles. The Morgan fingerprint density at radius 1 is 1.17 bits per heavy atom. The van der Waals surface area contributed by atoms with Crippen molar-refractivity contribution in [1.82, 2.24) is 0 Å². The number of rotatable bonds is 5. The van der Waals surface area contributed by atoms with Crippen LogP contribution in [0, 0.1) is 0 Å². The molecule has 0 fully saturated rings. The van der Waals surface area contributed by atoms with Crippen LogP contribution in [0.4, 0.5) is 18.9 Å². The van der Waals surface area contributed by atoms with Crippen LogP contribution in [0.5, 0.6) is 5.75 Å². The number of ketones is 1. The summed E-state index contributed by atoms with van der Waals surface area (Å²) in [5.41, 5.74) is 0.561. The second kappa shape index (κ2) is 7.04. The lowest BCUT2D eigenvalue weighted by molar-refractivity contribution is -0.0884.